The zero-order valence-corrected chi connectivity index (χ0v) is 17.8. The number of rotatable bonds is 6. The number of nitrogens with one attached hydrogen (secondary N) is 2. The van der Waals surface area contributed by atoms with Crippen molar-refractivity contribution in [3.63, 3.8) is 0 Å². The van der Waals surface area contributed by atoms with E-state index in [4.69, 9.17) is 0 Å². The zero-order chi connectivity index (χ0) is 20.1. The van der Waals surface area contributed by atoms with E-state index >= 15 is 0 Å². The van der Waals surface area contributed by atoms with Crippen LogP contribution in [-0.2, 0) is 6.42 Å². The standard InChI is InChI=1S/C20H19BrN4O2S/c1-12(2)8-18-24-16(11-28-18)20(27)23-15-5-3-4-13(9-15)19(26)25-17-7-6-14(21)10-22-17/h3-7,9-12H,8H2,1-2H3,(H,23,27)(H,22,25,26). The first-order valence-electron chi connectivity index (χ1n) is 8.69. The Morgan fingerprint density at radius 1 is 1.14 bits per heavy atom. The van der Waals surface area contributed by atoms with Gasteiger partial charge in [0.05, 0.1) is 5.01 Å². The second-order valence-corrected chi connectivity index (χ2v) is 8.43. The van der Waals surface area contributed by atoms with Crippen molar-refractivity contribution < 1.29 is 9.59 Å². The molecule has 2 amide bonds. The predicted octanol–water partition coefficient (Wildman–Crippen LogP) is 5.00. The van der Waals surface area contributed by atoms with Crippen LogP contribution in [0.1, 0.15) is 39.7 Å². The second-order valence-electron chi connectivity index (χ2n) is 6.58. The average molecular weight is 459 g/mol. The molecule has 0 aliphatic rings. The van der Waals surface area contributed by atoms with Crippen molar-refractivity contribution in [1.29, 1.82) is 0 Å². The van der Waals surface area contributed by atoms with Crippen molar-refractivity contribution in [1.82, 2.24) is 9.97 Å². The monoisotopic (exact) mass is 458 g/mol. The highest BCUT2D eigenvalue weighted by atomic mass is 79.9. The van der Waals surface area contributed by atoms with Gasteiger partial charge < -0.3 is 10.6 Å². The van der Waals surface area contributed by atoms with Crippen LogP contribution in [0.3, 0.4) is 0 Å². The second kappa shape index (κ2) is 9.07. The lowest BCUT2D eigenvalue weighted by Crippen LogP contribution is -2.15. The molecule has 2 heterocycles. The maximum atomic E-state index is 12.4. The molecule has 0 unspecified atom stereocenters. The molecule has 28 heavy (non-hydrogen) atoms. The van der Waals surface area contributed by atoms with E-state index in [1.54, 1.807) is 48.0 Å². The van der Waals surface area contributed by atoms with Crippen LogP contribution in [-0.4, -0.2) is 21.8 Å². The van der Waals surface area contributed by atoms with Crippen LogP contribution in [0.5, 0.6) is 0 Å². The average Bonchev–Trinajstić information content (AvgIpc) is 3.12. The van der Waals surface area contributed by atoms with E-state index in [1.165, 1.54) is 11.3 Å². The van der Waals surface area contributed by atoms with Crippen molar-refractivity contribution in [3.05, 3.63) is 68.7 Å². The number of aromatic nitrogens is 2. The van der Waals surface area contributed by atoms with Gasteiger partial charge in [-0.05, 0) is 52.2 Å². The highest BCUT2D eigenvalue weighted by Crippen LogP contribution is 2.18. The normalized spacial score (nSPS) is 10.7. The van der Waals surface area contributed by atoms with Gasteiger partial charge in [0.15, 0.2) is 0 Å². The number of nitrogens with zero attached hydrogens (tertiary/aromatic N) is 2. The summed E-state index contributed by atoms with van der Waals surface area (Å²) in [5.74, 6) is 0.331. The molecule has 1 aromatic carbocycles. The first kappa shape index (κ1) is 20.2. The van der Waals surface area contributed by atoms with Crippen LogP contribution < -0.4 is 10.6 Å². The fourth-order valence-corrected chi connectivity index (χ4v) is 3.65. The maximum Gasteiger partial charge on any atom is 0.275 e. The number of carbonyl (C=O) groups excluding carboxylic acids is 2. The lowest BCUT2D eigenvalue weighted by Gasteiger charge is -2.07. The van der Waals surface area contributed by atoms with Gasteiger partial charge in [-0.25, -0.2) is 9.97 Å². The summed E-state index contributed by atoms with van der Waals surface area (Å²) in [5.41, 5.74) is 1.33. The van der Waals surface area contributed by atoms with Crippen molar-refractivity contribution in [3.8, 4) is 0 Å². The number of benzene rings is 1. The van der Waals surface area contributed by atoms with Gasteiger partial charge in [-0.3, -0.25) is 9.59 Å². The van der Waals surface area contributed by atoms with Crippen molar-refractivity contribution in [2.75, 3.05) is 10.6 Å². The molecule has 0 spiro atoms. The van der Waals surface area contributed by atoms with E-state index in [-0.39, 0.29) is 11.8 Å². The molecule has 2 N–H and O–H groups in total. The van der Waals surface area contributed by atoms with E-state index in [0.717, 1.165) is 15.9 Å². The lowest BCUT2D eigenvalue weighted by molar-refractivity contribution is 0.101. The van der Waals surface area contributed by atoms with Gasteiger partial charge in [0, 0.05) is 33.7 Å². The van der Waals surface area contributed by atoms with E-state index in [0.29, 0.717) is 28.7 Å². The van der Waals surface area contributed by atoms with E-state index in [9.17, 15) is 9.59 Å². The minimum Gasteiger partial charge on any atom is -0.321 e. The molecular weight excluding hydrogens is 440 g/mol. The predicted molar refractivity (Wildman–Crippen MR) is 115 cm³/mol. The van der Waals surface area contributed by atoms with Gasteiger partial charge in [0.1, 0.15) is 11.5 Å². The highest BCUT2D eigenvalue weighted by Gasteiger charge is 2.13. The Morgan fingerprint density at radius 2 is 1.96 bits per heavy atom. The number of hydrogen-bond donors (Lipinski definition) is 2. The number of anilines is 2. The van der Waals surface area contributed by atoms with Gasteiger partial charge in [-0.15, -0.1) is 11.3 Å². The minimum atomic E-state index is -0.307. The van der Waals surface area contributed by atoms with Gasteiger partial charge in [-0.2, -0.15) is 0 Å². The first-order valence-corrected chi connectivity index (χ1v) is 10.4. The fraction of sp³-hybridized carbons (Fsp3) is 0.200. The Kier molecular flexibility index (Phi) is 6.53. The third-order valence-corrected chi connectivity index (χ3v) is 5.06. The van der Waals surface area contributed by atoms with Crippen LogP contribution in [0.4, 0.5) is 11.5 Å². The summed E-state index contributed by atoms with van der Waals surface area (Å²) in [4.78, 5) is 33.4. The number of hydrogen-bond acceptors (Lipinski definition) is 5. The van der Waals surface area contributed by atoms with Gasteiger partial charge in [-0.1, -0.05) is 19.9 Å². The number of carbonyl (C=O) groups is 2. The van der Waals surface area contributed by atoms with E-state index in [1.807, 2.05) is 0 Å². The molecule has 0 bridgehead atoms. The first-order chi connectivity index (χ1) is 13.4. The number of halogens is 1. The Hall–Kier alpha value is -2.58. The molecule has 3 rings (SSSR count). The Labute approximate surface area is 175 Å². The van der Waals surface area contributed by atoms with Gasteiger partial charge in [0.2, 0.25) is 0 Å². The Morgan fingerprint density at radius 3 is 2.68 bits per heavy atom. The molecule has 0 aliphatic heterocycles. The molecule has 8 heteroatoms. The lowest BCUT2D eigenvalue weighted by atomic mass is 10.1. The summed E-state index contributed by atoms with van der Waals surface area (Å²) in [6, 6.07) is 10.2. The quantitative estimate of drug-likeness (QED) is 0.543. The summed E-state index contributed by atoms with van der Waals surface area (Å²) in [7, 11) is 0. The molecule has 0 fully saturated rings. The zero-order valence-electron chi connectivity index (χ0n) is 15.4. The molecule has 0 atom stereocenters. The van der Waals surface area contributed by atoms with Gasteiger partial charge in [0.25, 0.3) is 11.8 Å². The topological polar surface area (TPSA) is 84.0 Å². The molecule has 0 saturated carbocycles. The summed E-state index contributed by atoms with van der Waals surface area (Å²) in [6.07, 6.45) is 2.45. The van der Waals surface area contributed by atoms with Crippen LogP contribution in [0, 0.1) is 5.92 Å². The summed E-state index contributed by atoms with van der Waals surface area (Å²) in [5, 5.41) is 8.21. The summed E-state index contributed by atoms with van der Waals surface area (Å²) >= 11 is 4.78. The number of pyridine rings is 1. The van der Waals surface area contributed by atoms with Crippen molar-refractivity contribution in [2.24, 2.45) is 5.92 Å². The van der Waals surface area contributed by atoms with Crippen LogP contribution in [0.2, 0.25) is 0 Å². The Bertz CT molecular complexity index is 986. The highest BCUT2D eigenvalue weighted by molar-refractivity contribution is 9.10. The van der Waals surface area contributed by atoms with Crippen molar-refractivity contribution in [2.45, 2.75) is 20.3 Å². The number of amides is 2. The van der Waals surface area contributed by atoms with E-state index in [2.05, 4.69) is 50.4 Å². The molecule has 0 saturated heterocycles. The largest absolute Gasteiger partial charge is 0.321 e. The number of thiazole rings is 1. The van der Waals surface area contributed by atoms with Crippen molar-refractivity contribution >= 4 is 50.6 Å². The molecule has 0 aliphatic carbocycles. The third kappa shape index (κ3) is 5.46. The van der Waals surface area contributed by atoms with Crippen LogP contribution in [0.15, 0.2) is 52.4 Å². The molecule has 3 aromatic rings. The maximum absolute atomic E-state index is 12.4. The fourth-order valence-electron chi connectivity index (χ4n) is 2.43. The molecule has 0 radical (unpaired) electrons. The molecule has 6 nitrogen and oxygen atoms in total. The molecular formula is C20H19BrN4O2S. The smallest absolute Gasteiger partial charge is 0.275 e. The van der Waals surface area contributed by atoms with Crippen LogP contribution >= 0.6 is 27.3 Å². The van der Waals surface area contributed by atoms with E-state index < -0.39 is 0 Å². The third-order valence-electron chi connectivity index (χ3n) is 3.72. The van der Waals surface area contributed by atoms with Gasteiger partial charge >= 0.3 is 0 Å². The van der Waals surface area contributed by atoms with Crippen LogP contribution in [0.25, 0.3) is 0 Å². The molecule has 144 valence electrons. The summed E-state index contributed by atoms with van der Waals surface area (Å²) < 4.78 is 0.828. The molecule has 2 aromatic heterocycles. The SMILES string of the molecule is CC(C)Cc1nc(C(=O)Nc2cccc(C(=O)Nc3ccc(Br)cn3)c2)cs1. The summed E-state index contributed by atoms with van der Waals surface area (Å²) in [6.45, 7) is 4.23. The Balaban J connectivity index is 1.67. The minimum absolute atomic E-state index is 0.293.